The number of carbonyl (C=O) groups excluding carboxylic acids is 1. The van der Waals surface area contributed by atoms with Crippen molar-refractivity contribution in [2.75, 3.05) is 6.54 Å². The average Bonchev–Trinajstić information content (AvgIpc) is 3.05. The van der Waals surface area contributed by atoms with E-state index < -0.39 is 29.4 Å². The van der Waals surface area contributed by atoms with Gasteiger partial charge in [0.25, 0.3) is 5.91 Å². The smallest absolute Gasteiger partial charge is 0.256 e. The molecule has 0 saturated carbocycles. The second kappa shape index (κ2) is 7.71. The summed E-state index contributed by atoms with van der Waals surface area (Å²) in [5.41, 5.74) is -1.10. The predicted molar refractivity (Wildman–Crippen MR) is 90.0 cm³/mol. The number of benzene rings is 1. The minimum Gasteiger partial charge on any atom is -0.376 e. The quantitative estimate of drug-likeness (QED) is 0.721. The Morgan fingerprint density at radius 3 is 2.85 bits per heavy atom. The fourth-order valence-corrected chi connectivity index (χ4v) is 3.20. The molecule has 0 radical (unpaired) electrons. The topological polar surface area (TPSA) is 98.8 Å². The van der Waals surface area contributed by atoms with Crippen LogP contribution in [0.1, 0.15) is 29.9 Å². The molecule has 1 saturated heterocycles. The van der Waals surface area contributed by atoms with Crippen molar-refractivity contribution in [3.63, 3.8) is 0 Å². The maximum atomic E-state index is 13.4. The van der Waals surface area contributed by atoms with Gasteiger partial charge >= 0.3 is 0 Å². The molecule has 2 atom stereocenters. The third-order valence-corrected chi connectivity index (χ3v) is 4.65. The highest BCUT2D eigenvalue weighted by molar-refractivity contribution is 5.85. The van der Waals surface area contributed by atoms with Crippen LogP contribution in [0.5, 0.6) is 0 Å². The lowest BCUT2D eigenvalue weighted by Gasteiger charge is -2.42. The lowest BCUT2D eigenvalue weighted by molar-refractivity contribution is -0.189. The number of rotatable bonds is 5. The third-order valence-electron chi connectivity index (χ3n) is 4.65. The summed E-state index contributed by atoms with van der Waals surface area (Å²) in [6.45, 7) is 2.23. The molecule has 1 aromatic carbocycles. The zero-order valence-electron chi connectivity index (χ0n) is 14.8. The normalized spacial score (nSPS) is 23.4. The number of hydrogen-bond acceptors (Lipinski definition) is 6. The van der Waals surface area contributed by atoms with Crippen LogP contribution in [-0.4, -0.2) is 44.6 Å². The fourth-order valence-electron chi connectivity index (χ4n) is 3.20. The van der Waals surface area contributed by atoms with Gasteiger partial charge in [0, 0.05) is 19.2 Å². The molecule has 3 N–H and O–H groups in total. The molecule has 1 aliphatic heterocycles. The van der Waals surface area contributed by atoms with Gasteiger partial charge in [-0.3, -0.25) is 9.69 Å². The number of nitrogens with zero attached hydrogens (tertiary/aromatic N) is 2. The summed E-state index contributed by atoms with van der Waals surface area (Å²) in [5, 5.41) is 27.6. The Kier molecular flexibility index (Phi) is 5.54. The molecule has 2 heterocycles. The zero-order valence-corrected chi connectivity index (χ0v) is 14.8. The Labute approximate surface area is 154 Å². The average molecular weight is 381 g/mol. The number of aromatic nitrogens is 1. The first-order chi connectivity index (χ1) is 12.8. The van der Waals surface area contributed by atoms with Crippen molar-refractivity contribution >= 4 is 5.91 Å². The van der Waals surface area contributed by atoms with E-state index >= 15 is 0 Å². The lowest BCUT2D eigenvalue weighted by Crippen LogP contribution is -2.63. The van der Waals surface area contributed by atoms with Crippen LogP contribution in [0.25, 0.3) is 0 Å². The molecule has 1 aromatic heterocycles. The number of carbonyl (C=O) groups is 1. The molecule has 1 aliphatic rings. The van der Waals surface area contributed by atoms with E-state index in [4.69, 9.17) is 4.52 Å². The molecule has 2 unspecified atom stereocenters. The van der Waals surface area contributed by atoms with Crippen molar-refractivity contribution < 1.29 is 28.3 Å². The van der Waals surface area contributed by atoms with Crippen molar-refractivity contribution in [3.05, 3.63) is 52.9 Å². The molecule has 3 rings (SSSR count). The van der Waals surface area contributed by atoms with Gasteiger partial charge in [-0.05, 0) is 37.5 Å². The molecule has 0 spiro atoms. The van der Waals surface area contributed by atoms with E-state index in [9.17, 15) is 23.8 Å². The van der Waals surface area contributed by atoms with E-state index in [2.05, 4.69) is 10.5 Å². The number of amides is 1. The summed E-state index contributed by atoms with van der Waals surface area (Å²) in [6.07, 6.45) is -0.960. The van der Waals surface area contributed by atoms with Gasteiger partial charge in [0.15, 0.2) is 17.2 Å². The molecule has 0 bridgehead atoms. The summed E-state index contributed by atoms with van der Waals surface area (Å²) in [6, 6.07) is 5.07. The molecular formula is C18H21F2N3O4. The second-order valence-electron chi connectivity index (χ2n) is 6.73. The molecule has 27 heavy (non-hydrogen) atoms. The van der Waals surface area contributed by atoms with Crippen LogP contribution in [0.2, 0.25) is 0 Å². The van der Waals surface area contributed by atoms with Crippen LogP contribution in [0.15, 0.2) is 28.8 Å². The number of halogens is 2. The number of likely N-dealkylation sites (tertiary alicyclic amines) is 1. The number of aliphatic hydroxyl groups is 2. The van der Waals surface area contributed by atoms with Crippen LogP contribution in [0.3, 0.4) is 0 Å². The molecule has 2 aromatic rings. The summed E-state index contributed by atoms with van der Waals surface area (Å²) >= 11 is 0. The molecule has 9 heteroatoms. The minimum absolute atomic E-state index is 0.0500. The largest absolute Gasteiger partial charge is 0.376 e. The van der Waals surface area contributed by atoms with E-state index in [0.29, 0.717) is 30.0 Å². The van der Waals surface area contributed by atoms with Gasteiger partial charge in [0.1, 0.15) is 17.7 Å². The summed E-state index contributed by atoms with van der Waals surface area (Å²) in [7, 11) is 0. The first-order valence-corrected chi connectivity index (χ1v) is 8.58. The molecule has 146 valence electrons. The van der Waals surface area contributed by atoms with Crippen molar-refractivity contribution in [2.24, 2.45) is 0 Å². The van der Waals surface area contributed by atoms with Crippen LogP contribution in [-0.2, 0) is 17.9 Å². The van der Waals surface area contributed by atoms with Crippen molar-refractivity contribution in [1.82, 2.24) is 15.4 Å². The van der Waals surface area contributed by atoms with Crippen LogP contribution in [0, 0.1) is 18.6 Å². The standard InChI is InChI=1S/C18H21F2N3O4/c1-11-7-13(22-27-11)9-21-16(24)18(26)5-2-6-23(17(18)25)10-12-3-4-14(19)15(20)8-12/h3-4,7-8,17,25-26H,2,5-6,9-10H2,1H3,(H,21,24). The number of piperidine rings is 1. The highest BCUT2D eigenvalue weighted by Gasteiger charge is 2.48. The fraction of sp³-hybridized carbons (Fsp3) is 0.444. The second-order valence-corrected chi connectivity index (χ2v) is 6.73. The lowest BCUT2D eigenvalue weighted by atomic mass is 9.89. The van der Waals surface area contributed by atoms with Gasteiger partial charge in [-0.2, -0.15) is 0 Å². The van der Waals surface area contributed by atoms with Crippen molar-refractivity contribution in [3.8, 4) is 0 Å². The summed E-state index contributed by atoms with van der Waals surface area (Å²) < 4.78 is 31.4. The summed E-state index contributed by atoms with van der Waals surface area (Å²) in [5.74, 6) is -2.09. The minimum atomic E-state index is -2.02. The van der Waals surface area contributed by atoms with Crippen molar-refractivity contribution in [1.29, 1.82) is 0 Å². The van der Waals surface area contributed by atoms with E-state index in [1.54, 1.807) is 13.0 Å². The van der Waals surface area contributed by atoms with E-state index in [-0.39, 0.29) is 19.5 Å². The maximum absolute atomic E-state index is 13.4. The van der Waals surface area contributed by atoms with E-state index in [0.717, 1.165) is 12.1 Å². The Morgan fingerprint density at radius 2 is 2.19 bits per heavy atom. The Hall–Kier alpha value is -2.36. The predicted octanol–water partition coefficient (Wildman–Crippen LogP) is 1.22. The summed E-state index contributed by atoms with van der Waals surface area (Å²) in [4.78, 5) is 13.9. The van der Waals surface area contributed by atoms with Gasteiger partial charge < -0.3 is 20.1 Å². The highest BCUT2D eigenvalue weighted by Crippen LogP contribution is 2.28. The number of aliphatic hydroxyl groups excluding tert-OH is 1. The molecule has 1 amide bonds. The highest BCUT2D eigenvalue weighted by atomic mass is 19.2. The van der Waals surface area contributed by atoms with Gasteiger partial charge in [-0.1, -0.05) is 11.2 Å². The van der Waals surface area contributed by atoms with Gasteiger partial charge in [-0.25, -0.2) is 8.78 Å². The SMILES string of the molecule is Cc1cc(CNC(=O)C2(O)CCCN(Cc3ccc(F)c(F)c3)C2O)no1. The van der Waals surface area contributed by atoms with Crippen LogP contribution < -0.4 is 5.32 Å². The van der Waals surface area contributed by atoms with E-state index in [1.807, 2.05) is 0 Å². The van der Waals surface area contributed by atoms with Crippen LogP contribution in [0.4, 0.5) is 8.78 Å². The molecule has 1 fully saturated rings. The van der Waals surface area contributed by atoms with Gasteiger partial charge in [0.2, 0.25) is 0 Å². The molecule has 7 nitrogen and oxygen atoms in total. The number of nitrogens with one attached hydrogen (secondary N) is 1. The maximum Gasteiger partial charge on any atom is 0.256 e. The van der Waals surface area contributed by atoms with Crippen LogP contribution >= 0.6 is 0 Å². The first kappa shape index (κ1) is 19.4. The molecule has 0 aliphatic carbocycles. The first-order valence-electron chi connectivity index (χ1n) is 8.58. The third kappa shape index (κ3) is 4.15. The Morgan fingerprint density at radius 1 is 1.41 bits per heavy atom. The zero-order chi connectivity index (χ0) is 19.6. The van der Waals surface area contributed by atoms with E-state index in [1.165, 1.54) is 11.0 Å². The van der Waals surface area contributed by atoms with Gasteiger partial charge in [0.05, 0.1) is 6.54 Å². The van der Waals surface area contributed by atoms with Gasteiger partial charge in [-0.15, -0.1) is 0 Å². The number of aryl methyl sites for hydroxylation is 1. The van der Waals surface area contributed by atoms with Crippen molar-refractivity contribution in [2.45, 2.75) is 44.7 Å². The number of hydrogen-bond donors (Lipinski definition) is 3. The molecular weight excluding hydrogens is 360 g/mol. The monoisotopic (exact) mass is 381 g/mol. The Bertz CT molecular complexity index is 829. The Balaban J connectivity index is 1.67.